The zero-order valence-electron chi connectivity index (χ0n) is 68.8. The van der Waals surface area contributed by atoms with E-state index in [1.54, 1.807) is 6.07 Å². The molecule has 8 heterocycles. The average molecular weight is 1460 g/mol. The molecule has 15 rings (SSSR count). The number of carbonyl (C=O) groups is 1. The fourth-order valence-electron chi connectivity index (χ4n) is 14.2. The molecule has 11 heteroatoms. The minimum Gasteiger partial charge on any atom is -0.361 e. The lowest BCUT2D eigenvalue weighted by Crippen LogP contribution is -2.36. The molecule has 1 aliphatic rings. The number of hydrogen-bond donors (Lipinski definition) is 6. The van der Waals surface area contributed by atoms with Crippen molar-refractivity contribution in [2.24, 2.45) is 0 Å². The lowest BCUT2D eigenvalue weighted by Gasteiger charge is -2.30. The van der Waals surface area contributed by atoms with Gasteiger partial charge in [0.1, 0.15) is 5.82 Å². The highest BCUT2D eigenvalue weighted by Gasteiger charge is 2.29. The fraction of sp³-hybridized carbons (Fsp3) is 0.396. The van der Waals surface area contributed by atoms with Gasteiger partial charge in [0.25, 0.3) is 5.91 Å². The Balaban J connectivity index is 0.000000145. The van der Waals surface area contributed by atoms with Crippen LogP contribution in [0.3, 0.4) is 0 Å². The maximum Gasteiger partial charge on any atom is 0.254 e. The number of halogens is 2. The molecule has 6 N–H and O–H groups in total. The highest BCUT2D eigenvalue weighted by Crippen LogP contribution is 2.39. The van der Waals surface area contributed by atoms with Crippen LogP contribution in [-0.2, 0) is 38.9 Å². The van der Waals surface area contributed by atoms with Gasteiger partial charge in [-0.25, -0.2) is 4.39 Å². The molecule has 7 aromatic heterocycles. The molecule has 0 bridgehead atoms. The van der Waals surface area contributed by atoms with E-state index < -0.39 is 0 Å². The van der Waals surface area contributed by atoms with Crippen LogP contribution in [0.25, 0.3) is 76.2 Å². The van der Waals surface area contributed by atoms with Crippen LogP contribution in [0.5, 0.6) is 0 Å². The molecular formula is C96H122ClFN8O. The molecule has 1 amide bonds. The standard InChI is InChI=1S/C18H24N2O.C16H23N.C14H19N.C13H17N.C12H14FN.C12H13N.C11H12ClN/c1-18(2,3)15-12-16-13(7-8-19-16)11-14(15)17(21)20-9-5-4-6-10-20;1-15(2,3)12-9-11-7-8-17-14(11)10-13(12)16(4,5)6;1-5-10-8-11-6-7-15-13(11)9-12(10)14(2,3)4;1-9-8-14-11-7-5-6-10(12(9)11)13(2,3)4;1-12(2,3)9-7-11-8(4-5-14-11)6-10(9)13;1-9(2)12-7-10-5-3-4-6-11(10)8-13-12;1-7(2)9-6-11-8(3-4-13-11)5-10(9)12/h7-8,11-12,19H,4-6,9-10H2,1-3H3;7-10,17H,1-6H3;6-9,15H,5H2,1-4H3;5-8,14H,1-4H3;4-7,14H,1-3H3;3-9H,1-2H3;3-7,13H,1-2H3. The number of nitrogens with one attached hydrogen (secondary N) is 6. The van der Waals surface area contributed by atoms with Crippen molar-refractivity contribution in [2.75, 3.05) is 13.1 Å². The molecule has 107 heavy (non-hydrogen) atoms. The summed E-state index contributed by atoms with van der Waals surface area (Å²) in [6, 6.07) is 48.3. The number of pyridine rings is 1. The van der Waals surface area contributed by atoms with E-state index in [-0.39, 0.29) is 44.2 Å². The lowest BCUT2D eigenvalue weighted by molar-refractivity contribution is 0.0722. The summed E-state index contributed by atoms with van der Waals surface area (Å²) in [6.07, 6.45) is 18.4. The second kappa shape index (κ2) is 33.6. The predicted molar refractivity (Wildman–Crippen MR) is 461 cm³/mol. The van der Waals surface area contributed by atoms with E-state index in [9.17, 15) is 9.18 Å². The zero-order chi connectivity index (χ0) is 78.3. The summed E-state index contributed by atoms with van der Waals surface area (Å²) in [5, 5.41) is 10.6. The van der Waals surface area contributed by atoms with Crippen LogP contribution in [0.15, 0.2) is 183 Å². The number of rotatable bonds is 4. The van der Waals surface area contributed by atoms with Gasteiger partial charge in [0.15, 0.2) is 0 Å². The normalized spacial score (nSPS) is 13.0. The number of aryl methyl sites for hydroxylation is 2. The zero-order valence-corrected chi connectivity index (χ0v) is 69.5. The summed E-state index contributed by atoms with van der Waals surface area (Å²) in [5.41, 5.74) is 21.3. The van der Waals surface area contributed by atoms with Gasteiger partial charge in [-0.15, -0.1) is 0 Å². The molecule has 0 aliphatic carbocycles. The Bertz CT molecular complexity index is 5230. The number of H-pyrrole nitrogens is 6. The lowest BCUT2D eigenvalue weighted by atomic mass is 9.75. The number of benzene rings is 7. The van der Waals surface area contributed by atoms with Crippen molar-refractivity contribution in [3.63, 3.8) is 0 Å². The van der Waals surface area contributed by atoms with Crippen molar-refractivity contribution < 1.29 is 9.18 Å². The van der Waals surface area contributed by atoms with Crippen LogP contribution in [-0.4, -0.2) is 58.8 Å². The van der Waals surface area contributed by atoms with Crippen molar-refractivity contribution >= 4 is 93.7 Å². The molecule has 566 valence electrons. The molecule has 0 spiro atoms. The predicted octanol–water partition coefficient (Wildman–Crippen LogP) is 27.6. The van der Waals surface area contributed by atoms with Crippen molar-refractivity contribution in [3.8, 4) is 0 Å². The van der Waals surface area contributed by atoms with Gasteiger partial charge in [0.05, 0.1) is 0 Å². The first-order valence-corrected chi connectivity index (χ1v) is 39.1. The van der Waals surface area contributed by atoms with Crippen LogP contribution >= 0.6 is 11.6 Å². The van der Waals surface area contributed by atoms with Crippen LogP contribution in [0.1, 0.15) is 256 Å². The van der Waals surface area contributed by atoms with E-state index in [1.807, 2.05) is 99.3 Å². The molecule has 1 fully saturated rings. The molecule has 14 aromatic rings. The molecule has 0 atom stereocenters. The minimum absolute atomic E-state index is 0.0416. The SMILES string of the molecule is CC(C)(C)c1cc2[nH]ccc2cc1C(=O)N1CCCCC1.CC(C)(C)c1cc2[nH]ccc2cc1F.CC(C)(C)c1cc2cc[nH]c2cc1C(C)(C)C.CC(C)c1cc2[nH]ccc2cc1Cl.CC(C)c1cc2ccccc2cn1.CCc1cc2cc[nH]c2cc1C(C)(C)C.Cc1c[nH]c2cccc(C(C)(C)C)c12. The fourth-order valence-corrected chi connectivity index (χ4v) is 14.6. The summed E-state index contributed by atoms with van der Waals surface area (Å²) in [7, 11) is 0. The Hall–Kier alpha value is -9.12. The van der Waals surface area contributed by atoms with Gasteiger partial charge in [-0.2, -0.15) is 0 Å². The molecule has 1 aliphatic heterocycles. The summed E-state index contributed by atoms with van der Waals surface area (Å²) >= 11 is 6.14. The van der Waals surface area contributed by atoms with Gasteiger partial charge in [0.2, 0.25) is 0 Å². The van der Waals surface area contributed by atoms with Crippen LogP contribution in [0.2, 0.25) is 5.02 Å². The number of piperidine rings is 1. The first-order valence-electron chi connectivity index (χ1n) is 38.7. The molecule has 0 unspecified atom stereocenters. The van der Waals surface area contributed by atoms with Crippen molar-refractivity contribution in [2.45, 2.75) is 236 Å². The van der Waals surface area contributed by atoms with Crippen LogP contribution in [0.4, 0.5) is 4.39 Å². The maximum absolute atomic E-state index is 13.7. The van der Waals surface area contributed by atoms with E-state index in [0.29, 0.717) is 11.8 Å². The van der Waals surface area contributed by atoms with E-state index in [0.717, 1.165) is 81.4 Å². The van der Waals surface area contributed by atoms with Gasteiger partial charge in [0, 0.05) is 133 Å². The van der Waals surface area contributed by atoms with Crippen molar-refractivity contribution in [3.05, 3.63) is 255 Å². The highest BCUT2D eigenvalue weighted by molar-refractivity contribution is 6.32. The first-order chi connectivity index (χ1) is 50.1. The summed E-state index contributed by atoms with van der Waals surface area (Å²) in [6.45, 7) is 54.7. The molecule has 0 saturated carbocycles. The summed E-state index contributed by atoms with van der Waals surface area (Å²) < 4.78 is 13.7. The van der Waals surface area contributed by atoms with Crippen LogP contribution in [0, 0.1) is 12.7 Å². The largest absolute Gasteiger partial charge is 0.361 e. The first kappa shape index (κ1) is 81.9. The van der Waals surface area contributed by atoms with Gasteiger partial charge in [-0.05, 0) is 246 Å². The quantitative estimate of drug-likeness (QED) is 0.105. The number of amides is 1. The molecule has 9 nitrogen and oxygen atoms in total. The number of fused-ring (bicyclic) bond motifs is 7. The highest BCUT2D eigenvalue weighted by atomic mass is 35.5. The van der Waals surface area contributed by atoms with Gasteiger partial charge >= 0.3 is 0 Å². The summed E-state index contributed by atoms with van der Waals surface area (Å²) in [4.78, 5) is 38.8. The summed E-state index contributed by atoms with van der Waals surface area (Å²) in [5.74, 6) is 1.05. The number of hydrogen-bond acceptors (Lipinski definition) is 2. The number of carbonyl (C=O) groups excluding carboxylic acids is 1. The molecule has 1 saturated heterocycles. The van der Waals surface area contributed by atoms with E-state index >= 15 is 0 Å². The average Bonchev–Trinajstić information content (AvgIpc) is 1.78. The monoisotopic (exact) mass is 1460 g/mol. The molecular weight excluding hydrogens is 1340 g/mol. The number of aromatic nitrogens is 7. The second-order valence-electron chi connectivity index (χ2n) is 36.0. The van der Waals surface area contributed by atoms with Gasteiger partial charge in [-0.3, -0.25) is 9.78 Å². The maximum atomic E-state index is 13.7. The Kier molecular flexibility index (Phi) is 25.7. The Morgan fingerprint density at radius 2 is 0.879 bits per heavy atom. The van der Waals surface area contributed by atoms with Crippen LogP contribution < -0.4 is 0 Å². The van der Waals surface area contributed by atoms with Crippen molar-refractivity contribution in [1.29, 1.82) is 0 Å². The third-order valence-electron chi connectivity index (χ3n) is 20.3. The topological polar surface area (TPSA) is 128 Å². The van der Waals surface area contributed by atoms with E-state index in [2.05, 4.69) is 284 Å². The number of aromatic amines is 6. The number of nitrogens with zero attached hydrogens (tertiary/aromatic N) is 2. The van der Waals surface area contributed by atoms with Crippen molar-refractivity contribution in [1.82, 2.24) is 39.8 Å². The number of likely N-dealkylation sites (tertiary alicyclic amines) is 1. The third-order valence-corrected chi connectivity index (χ3v) is 20.7. The minimum atomic E-state index is -0.149. The molecule has 0 radical (unpaired) electrons. The van der Waals surface area contributed by atoms with Gasteiger partial charge < -0.3 is 34.8 Å². The smallest absolute Gasteiger partial charge is 0.254 e. The van der Waals surface area contributed by atoms with E-state index in [4.69, 9.17) is 11.6 Å². The van der Waals surface area contributed by atoms with Gasteiger partial charge in [-0.1, -0.05) is 207 Å². The Morgan fingerprint density at radius 3 is 1.37 bits per heavy atom. The Morgan fingerprint density at radius 1 is 0.439 bits per heavy atom. The third kappa shape index (κ3) is 20.6. The molecule has 7 aromatic carbocycles. The second-order valence-corrected chi connectivity index (χ2v) is 36.4. The Labute approximate surface area is 643 Å². The van der Waals surface area contributed by atoms with E-state index in [1.165, 1.54) is 99.9 Å².